The molecule has 0 radical (unpaired) electrons. The first-order valence-corrected chi connectivity index (χ1v) is 8.88. The van der Waals surface area contributed by atoms with E-state index in [1.54, 1.807) is 0 Å². The van der Waals surface area contributed by atoms with Crippen molar-refractivity contribution in [1.82, 2.24) is 19.5 Å². The maximum Gasteiger partial charge on any atom is 0.230 e. The molecule has 0 spiro atoms. The number of aryl methyl sites for hydroxylation is 2. The summed E-state index contributed by atoms with van der Waals surface area (Å²) >= 11 is 1.50. The standard InChI is InChI=1S/C17H20N4O2S/c1-11-3-5-13(6-4-11)14(20-7-9-23-10-8-20)15-16(22)21-17(24-15)18-12(2)19-21/h3-6,14,22H,7-10H2,1-2H3/t14-/m0/s1. The molecule has 1 saturated heterocycles. The Morgan fingerprint density at radius 1 is 1.17 bits per heavy atom. The molecule has 3 heterocycles. The summed E-state index contributed by atoms with van der Waals surface area (Å²) in [4.78, 5) is 8.36. The number of aromatic nitrogens is 3. The zero-order valence-corrected chi connectivity index (χ0v) is 14.6. The first kappa shape index (κ1) is 15.6. The number of rotatable bonds is 3. The third-order valence-corrected chi connectivity index (χ3v) is 5.43. The summed E-state index contributed by atoms with van der Waals surface area (Å²) in [5, 5.41) is 15.0. The SMILES string of the molecule is Cc1ccc([C@@H](c2sc3nc(C)nn3c2O)N2CCOCC2)cc1. The van der Waals surface area contributed by atoms with Gasteiger partial charge in [-0.1, -0.05) is 41.2 Å². The van der Waals surface area contributed by atoms with E-state index in [1.165, 1.54) is 27.0 Å². The van der Waals surface area contributed by atoms with E-state index < -0.39 is 0 Å². The Labute approximate surface area is 144 Å². The lowest BCUT2D eigenvalue weighted by molar-refractivity contribution is 0.0241. The maximum absolute atomic E-state index is 10.7. The third kappa shape index (κ3) is 2.68. The number of benzene rings is 1. The molecule has 1 aliphatic heterocycles. The summed E-state index contributed by atoms with van der Waals surface area (Å²) in [6.45, 7) is 7.01. The monoisotopic (exact) mass is 344 g/mol. The van der Waals surface area contributed by atoms with E-state index in [4.69, 9.17) is 4.74 Å². The van der Waals surface area contributed by atoms with Gasteiger partial charge in [-0.15, -0.1) is 5.10 Å². The van der Waals surface area contributed by atoms with E-state index in [1.807, 2.05) is 6.92 Å². The van der Waals surface area contributed by atoms with E-state index in [-0.39, 0.29) is 11.9 Å². The van der Waals surface area contributed by atoms with Crippen LogP contribution in [0.4, 0.5) is 0 Å². The van der Waals surface area contributed by atoms with Gasteiger partial charge in [-0.2, -0.15) is 4.52 Å². The van der Waals surface area contributed by atoms with Crippen molar-refractivity contribution in [3.8, 4) is 5.88 Å². The molecule has 0 saturated carbocycles. The van der Waals surface area contributed by atoms with Crippen LogP contribution in [-0.2, 0) is 4.74 Å². The fourth-order valence-corrected chi connectivity index (χ4v) is 4.30. The molecular formula is C17H20N4O2S. The van der Waals surface area contributed by atoms with Crippen molar-refractivity contribution in [2.75, 3.05) is 26.3 Å². The predicted molar refractivity (Wildman–Crippen MR) is 92.7 cm³/mol. The number of morpholine rings is 1. The number of nitrogens with zero attached hydrogens (tertiary/aromatic N) is 4. The van der Waals surface area contributed by atoms with Gasteiger partial charge in [-0.05, 0) is 19.4 Å². The largest absolute Gasteiger partial charge is 0.492 e. The third-order valence-electron chi connectivity index (χ3n) is 4.36. The Kier molecular flexibility index (Phi) is 3.99. The van der Waals surface area contributed by atoms with Gasteiger partial charge in [0.15, 0.2) is 0 Å². The first-order chi connectivity index (χ1) is 11.6. The summed E-state index contributed by atoms with van der Waals surface area (Å²) in [7, 11) is 0. The highest BCUT2D eigenvalue weighted by atomic mass is 32.1. The number of hydrogen-bond donors (Lipinski definition) is 1. The van der Waals surface area contributed by atoms with Gasteiger partial charge in [0.25, 0.3) is 0 Å². The first-order valence-electron chi connectivity index (χ1n) is 8.07. The van der Waals surface area contributed by atoms with E-state index >= 15 is 0 Å². The van der Waals surface area contributed by atoms with Crippen molar-refractivity contribution in [2.24, 2.45) is 0 Å². The normalized spacial score (nSPS) is 17.4. The lowest BCUT2D eigenvalue weighted by Gasteiger charge is -2.34. The second-order valence-electron chi connectivity index (χ2n) is 6.10. The molecule has 0 unspecified atom stereocenters. The maximum atomic E-state index is 10.7. The van der Waals surface area contributed by atoms with Crippen molar-refractivity contribution < 1.29 is 9.84 Å². The lowest BCUT2D eigenvalue weighted by Crippen LogP contribution is -2.39. The van der Waals surface area contributed by atoms with Gasteiger partial charge in [-0.3, -0.25) is 4.90 Å². The molecule has 2 aromatic heterocycles. The molecular weight excluding hydrogens is 324 g/mol. The van der Waals surface area contributed by atoms with Crippen molar-refractivity contribution in [2.45, 2.75) is 19.9 Å². The molecule has 3 aromatic rings. The van der Waals surface area contributed by atoms with Gasteiger partial charge in [-0.25, -0.2) is 4.98 Å². The van der Waals surface area contributed by atoms with E-state index in [9.17, 15) is 5.11 Å². The number of hydrogen-bond acceptors (Lipinski definition) is 6. The Hall–Kier alpha value is -1.96. The minimum absolute atomic E-state index is 0.0108. The smallest absolute Gasteiger partial charge is 0.230 e. The number of thiazole rings is 1. The summed E-state index contributed by atoms with van der Waals surface area (Å²) in [5.74, 6) is 0.856. The van der Waals surface area contributed by atoms with Crippen molar-refractivity contribution >= 4 is 16.3 Å². The number of ether oxygens (including phenoxy) is 1. The fourth-order valence-electron chi connectivity index (χ4n) is 3.14. The number of aromatic hydroxyl groups is 1. The molecule has 24 heavy (non-hydrogen) atoms. The topological polar surface area (TPSA) is 62.9 Å². The summed E-state index contributed by atoms with van der Waals surface area (Å²) in [5.41, 5.74) is 2.39. The summed E-state index contributed by atoms with van der Waals surface area (Å²) in [6, 6.07) is 8.48. The Morgan fingerprint density at radius 2 is 1.88 bits per heavy atom. The minimum atomic E-state index is -0.0108. The van der Waals surface area contributed by atoms with Gasteiger partial charge in [0.05, 0.1) is 24.1 Å². The van der Waals surface area contributed by atoms with Crippen LogP contribution in [0.15, 0.2) is 24.3 Å². The minimum Gasteiger partial charge on any atom is -0.492 e. The summed E-state index contributed by atoms with van der Waals surface area (Å²) < 4.78 is 7.04. The van der Waals surface area contributed by atoms with Crippen LogP contribution in [0.5, 0.6) is 5.88 Å². The van der Waals surface area contributed by atoms with E-state index in [2.05, 4.69) is 46.2 Å². The predicted octanol–water partition coefficient (Wildman–Crippen LogP) is 2.53. The lowest BCUT2D eigenvalue weighted by atomic mass is 10.0. The van der Waals surface area contributed by atoms with Gasteiger partial charge in [0.1, 0.15) is 5.82 Å². The average molecular weight is 344 g/mol. The van der Waals surface area contributed by atoms with Crippen LogP contribution in [0.25, 0.3) is 4.96 Å². The van der Waals surface area contributed by atoms with Gasteiger partial charge >= 0.3 is 0 Å². The second kappa shape index (κ2) is 6.16. The van der Waals surface area contributed by atoms with Gasteiger partial charge in [0, 0.05) is 13.1 Å². The molecule has 0 amide bonds. The fraction of sp³-hybridized carbons (Fsp3) is 0.412. The Balaban J connectivity index is 1.82. The Morgan fingerprint density at radius 3 is 2.54 bits per heavy atom. The molecule has 4 rings (SSSR count). The highest BCUT2D eigenvalue weighted by Gasteiger charge is 2.30. The zero-order valence-electron chi connectivity index (χ0n) is 13.8. The molecule has 126 valence electrons. The Bertz CT molecular complexity index is 849. The van der Waals surface area contributed by atoms with Gasteiger partial charge < -0.3 is 9.84 Å². The second-order valence-corrected chi connectivity index (χ2v) is 7.11. The van der Waals surface area contributed by atoms with E-state index in [0.717, 1.165) is 22.9 Å². The van der Waals surface area contributed by atoms with Crippen LogP contribution in [0, 0.1) is 13.8 Å². The molecule has 1 N–H and O–H groups in total. The molecule has 0 bridgehead atoms. The molecule has 1 atom stereocenters. The highest BCUT2D eigenvalue weighted by Crippen LogP contribution is 2.40. The average Bonchev–Trinajstić information content (AvgIpc) is 3.09. The zero-order chi connectivity index (χ0) is 16.7. The molecule has 6 nitrogen and oxygen atoms in total. The molecule has 1 aromatic carbocycles. The molecule has 1 aliphatic rings. The van der Waals surface area contributed by atoms with Crippen LogP contribution in [0.1, 0.15) is 27.9 Å². The van der Waals surface area contributed by atoms with Crippen LogP contribution < -0.4 is 0 Å². The quantitative estimate of drug-likeness (QED) is 0.791. The van der Waals surface area contributed by atoms with Crippen molar-refractivity contribution in [3.05, 3.63) is 46.1 Å². The van der Waals surface area contributed by atoms with E-state index in [0.29, 0.717) is 19.0 Å². The van der Waals surface area contributed by atoms with Crippen molar-refractivity contribution in [1.29, 1.82) is 0 Å². The summed E-state index contributed by atoms with van der Waals surface area (Å²) in [6.07, 6.45) is 0. The molecule has 1 fully saturated rings. The van der Waals surface area contributed by atoms with Crippen LogP contribution >= 0.6 is 11.3 Å². The van der Waals surface area contributed by atoms with Crippen LogP contribution in [0.3, 0.4) is 0 Å². The highest BCUT2D eigenvalue weighted by molar-refractivity contribution is 7.17. The molecule has 0 aliphatic carbocycles. The van der Waals surface area contributed by atoms with Gasteiger partial charge in [0.2, 0.25) is 10.8 Å². The number of fused-ring (bicyclic) bond motifs is 1. The molecule has 7 heteroatoms. The van der Waals surface area contributed by atoms with Crippen LogP contribution in [-0.4, -0.2) is 50.9 Å². The van der Waals surface area contributed by atoms with Crippen molar-refractivity contribution in [3.63, 3.8) is 0 Å². The van der Waals surface area contributed by atoms with Crippen LogP contribution in [0.2, 0.25) is 0 Å².